The highest BCUT2D eigenvalue weighted by atomic mass is 35.5. The van der Waals surface area contributed by atoms with Gasteiger partial charge in [0.1, 0.15) is 189 Å². The van der Waals surface area contributed by atoms with Crippen molar-refractivity contribution in [2.45, 2.75) is 240 Å². The van der Waals surface area contributed by atoms with Crippen LogP contribution in [-0.2, 0) is 192 Å². The minimum atomic E-state index is -1.22. The van der Waals surface area contributed by atoms with E-state index in [1.807, 2.05) is 46.0 Å². The molecule has 14 bridgehead atoms. The van der Waals surface area contributed by atoms with Gasteiger partial charge in [0, 0.05) is 211 Å². The van der Waals surface area contributed by atoms with Crippen LogP contribution in [0, 0.1) is 0 Å². The van der Waals surface area contributed by atoms with Crippen LogP contribution in [0.4, 0.5) is 5.69 Å². The lowest BCUT2D eigenvalue weighted by atomic mass is 9.94. The Morgan fingerprint density at radius 3 is 0.888 bits per heavy atom. The smallest absolute Gasteiger partial charge is 0.219 e. The largest absolute Gasteiger partial charge is 0.491 e. The van der Waals surface area contributed by atoms with Crippen LogP contribution in [0.3, 0.4) is 0 Å². The van der Waals surface area contributed by atoms with Gasteiger partial charge in [-0.3, -0.25) is 4.79 Å². The van der Waals surface area contributed by atoms with Crippen molar-refractivity contribution in [3.05, 3.63) is 76.8 Å². The fourth-order valence-corrected chi connectivity index (χ4v) is 20.0. The molecule has 0 saturated carbocycles. The number of carbonyl (C=O) groups excluding carboxylic acids is 1. The zero-order valence-electron chi connectivity index (χ0n) is 80.4. The van der Waals surface area contributed by atoms with Gasteiger partial charge in [-0.15, -0.1) is 0 Å². The van der Waals surface area contributed by atoms with Crippen LogP contribution in [-0.4, -0.2) is 476 Å². The number of hydrogen-bond acceptors (Lipinski definition) is 41. The Hall–Kier alpha value is -4.18. The second-order valence-corrected chi connectivity index (χ2v) is 34.3. The molecule has 1 aromatic heterocycles. The summed E-state index contributed by atoms with van der Waals surface area (Å²) in [5.74, 6) is -0.201. The molecule has 3 aromatic rings. The molecule has 24 heterocycles. The van der Waals surface area contributed by atoms with Crippen LogP contribution in [0.5, 0.6) is 5.75 Å². The topological polar surface area (TPSA) is 392 Å². The molecule has 23 aliphatic heterocycles. The molecule has 37 atom stereocenters. The molecule has 1 amide bonds. The molecule has 0 radical (unpaired) electrons. The Kier molecular flexibility index (Phi) is 42.7. The van der Waals surface area contributed by atoms with Crippen LogP contribution in [0.2, 0.25) is 10.0 Å². The number of halogens is 2. The molecule has 23 aliphatic rings. The number of rotatable bonds is 35. The summed E-state index contributed by atoms with van der Waals surface area (Å²) in [5, 5.41) is 1.02. The zero-order valence-corrected chi connectivity index (χ0v) is 81.9. The molecule has 1 unspecified atom stereocenters. The summed E-state index contributed by atoms with van der Waals surface area (Å²) < 4.78 is 247. The molecule has 0 aliphatic carbocycles. The maximum Gasteiger partial charge on any atom is 0.219 e. The predicted molar refractivity (Wildman–Crippen MR) is 467 cm³/mol. The molecule has 26 rings (SSSR count). The average Bonchev–Trinajstić information content (AvgIpc) is 1.63. The third kappa shape index (κ3) is 24.8. The van der Waals surface area contributed by atoms with Gasteiger partial charge in [-0.25, -0.2) is 4.98 Å². The summed E-state index contributed by atoms with van der Waals surface area (Å²) in [6.45, 7) is 5.54. The normalized spacial score (nSPS) is 39.6. The second kappa shape index (κ2) is 52.7. The van der Waals surface area contributed by atoms with Crippen LogP contribution >= 0.6 is 23.2 Å². The highest BCUT2D eigenvalue weighted by Crippen LogP contribution is 2.46. The number of nitrogens with zero attached hydrogens (tertiary/aromatic N) is 4. The van der Waals surface area contributed by atoms with E-state index in [0.717, 1.165) is 37.6 Å². The predicted octanol–water partition coefficient (Wildman–Crippen LogP) is 2.71. The minimum Gasteiger partial charge on any atom is -0.491 e. The molecule has 0 spiro atoms. The molecule has 2 aromatic carbocycles. The molecular weight excluding hydrogens is 1820 g/mol. The maximum absolute atomic E-state index is 11.6. The number of amides is 1. The van der Waals surface area contributed by atoms with Gasteiger partial charge in [-0.05, 0) is 36.4 Å². The molecule has 134 heavy (non-hydrogen) atoms. The Morgan fingerprint density at radius 1 is 0.366 bits per heavy atom. The van der Waals surface area contributed by atoms with E-state index in [4.69, 9.17) is 203 Å². The number of aromatic nitrogens is 2. The van der Waals surface area contributed by atoms with Gasteiger partial charge in [-0.1, -0.05) is 29.3 Å². The highest BCUT2D eigenvalue weighted by Gasteiger charge is 2.63. The number of carbonyl (C=O) groups is 1. The van der Waals surface area contributed by atoms with Gasteiger partial charge in [0.2, 0.25) is 11.7 Å². The van der Waals surface area contributed by atoms with Crippen molar-refractivity contribution < 1.29 is 185 Å². The summed E-state index contributed by atoms with van der Waals surface area (Å²) in [6.07, 6.45) is -30.9. The Morgan fingerprint density at radius 2 is 0.649 bits per heavy atom. The van der Waals surface area contributed by atoms with E-state index in [1.54, 1.807) is 31.6 Å². The van der Waals surface area contributed by atoms with E-state index in [-0.39, 0.29) is 58.3 Å². The van der Waals surface area contributed by atoms with Crippen molar-refractivity contribution in [3.8, 4) is 5.75 Å². The van der Waals surface area contributed by atoms with Gasteiger partial charge in [-0.2, -0.15) is 0 Å². The van der Waals surface area contributed by atoms with E-state index in [9.17, 15) is 4.79 Å². The van der Waals surface area contributed by atoms with Crippen LogP contribution in [0.25, 0.3) is 0 Å². The van der Waals surface area contributed by atoms with E-state index in [0.29, 0.717) is 35.4 Å². The average molecular weight is 1960 g/mol. The fraction of sp³-hybridized carbons (Fsp3) is 0.820. The van der Waals surface area contributed by atoms with E-state index >= 15 is 0 Å². The lowest BCUT2D eigenvalue weighted by Crippen LogP contribution is -2.69. The third-order valence-corrected chi connectivity index (χ3v) is 26.4. The number of piperazine rings is 1. The number of hydrogen-bond donors (Lipinski definition) is 0. The zero-order chi connectivity index (χ0) is 96.0. The van der Waals surface area contributed by atoms with E-state index in [2.05, 4.69) is 9.88 Å². The molecule has 0 N–H and O–H groups in total. The van der Waals surface area contributed by atoms with Crippen LogP contribution < -0.4 is 9.64 Å². The first-order valence-corrected chi connectivity index (χ1v) is 45.3. The van der Waals surface area contributed by atoms with Crippen molar-refractivity contribution in [1.29, 1.82) is 0 Å². The number of imidazole rings is 1. The number of benzene rings is 2. The monoisotopic (exact) mass is 1960 g/mol. The first-order chi connectivity index (χ1) is 65.1. The second-order valence-electron chi connectivity index (χ2n) is 33.5. The summed E-state index contributed by atoms with van der Waals surface area (Å²) in [4.78, 5) is 19.8. The van der Waals surface area contributed by atoms with Gasteiger partial charge >= 0.3 is 0 Å². The van der Waals surface area contributed by atoms with Gasteiger partial charge < -0.3 is 194 Å². The minimum absolute atomic E-state index is 0.0381. The number of anilines is 1. The summed E-state index contributed by atoms with van der Waals surface area (Å²) in [7, 11) is 31.7. The number of ether oxygens (including phenoxy) is 38. The molecule has 764 valence electrons. The van der Waals surface area contributed by atoms with Crippen LogP contribution in [0.15, 0.2) is 61.2 Å². The summed E-state index contributed by atoms with van der Waals surface area (Å²) in [6, 6.07) is 13.3. The fourth-order valence-electron chi connectivity index (χ4n) is 19.5. The first-order valence-electron chi connectivity index (χ1n) is 44.6. The van der Waals surface area contributed by atoms with Gasteiger partial charge in [0.25, 0.3) is 0 Å². The highest BCUT2D eigenvalue weighted by molar-refractivity contribution is 6.35. The van der Waals surface area contributed by atoms with Crippen molar-refractivity contribution in [1.82, 2.24) is 14.5 Å². The lowest BCUT2D eigenvalue weighted by molar-refractivity contribution is -0.402. The molecule has 23 fully saturated rings. The Bertz CT molecular complexity index is 3460. The third-order valence-electron chi connectivity index (χ3n) is 25.8. The van der Waals surface area contributed by atoms with Crippen LogP contribution in [0.1, 0.15) is 12.5 Å². The summed E-state index contributed by atoms with van der Waals surface area (Å²) in [5.41, 5.74) is 1.82. The van der Waals surface area contributed by atoms with Crippen molar-refractivity contribution in [3.63, 3.8) is 0 Å². The Balaban J connectivity index is 0.000000371. The SMILES string of the molecule is CC(=O)N1CCN(c2ccc(OCC3CO[C@](Cn4ccnc4)(c4ccc(Cl)cc4Cl)O3)cc2)CC1.COC[C@H]1O[C@@H]2O[C@H]3[C@H](OC)[C@@H](OC)[C@@H](O[C@H]4[C@H](OC)[C@@H](OC)[C@@H](O[C@H]5[C@H](OC)[C@@H](OC)[C@@H](O[C@H]6[C@H](OC)[C@@H](OC)[C@@H](O[C@H]7[C@H](OC)[C@@H](OC)[C@@H](O[C@H]8[C@H](OC)[C@@H](OC)[C@@H](O[C@H]1[C@H](OC)[C@H]2OC)O[C@@H]8COC)O[C@@H]7COC)O[C@@H]6COC)O[C@@H]5COC)O[C@@H]4COC)O[C@@H]3COC. The quantitative estimate of drug-likeness (QED) is 0.0817. The molecule has 23 saturated heterocycles. The lowest BCUT2D eigenvalue weighted by Gasteiger charge is -2.52. The number of methoxy groups -OCH3 is 21. The van der Waals surface area contributed by atoms with Crippen molar-refractivity contribution >= 4 is 34.8 Å². The van der Waals surface area contributed by atoms with E-state index < -0.39 is 221 Å². The Labute approximate surface area is 793 Å². The molecule has 45 heteroatoms. The standard InChI is InChI=1S/C63H112O35.C26H28Cl2N4O4/c1-64-22-29-36-43(71-8)50(78-15)57(85-29)93-37-30(23-65-2)87-59(52(80-17)44(37)72-9)95-39-32(25-67-4)89-61(54(82-19)46(39)74-11)97-41-34(27-69-6)91-63(56(84-21)48(41)76-13)98-42-35(28-70-7)90-62(55(83-20)49(42)77-14)96-40-33(26-68-5)88-60(53(81-18)47(40)75-12)94-38-31(24-66-3)86-58(92-36)51(79-16)45(38)73-10;1-19(33)31-10-12-32(13-11-31)21-3-5-22(6-4-21)34-15-23-16-35-26(36-23,17-30-9-8-29-18-30)24-7-2-20(27)14-25(24)28/h29-63H,22-28H2,1-21H3;2-9,14,18,23H,10-13,15-17H2,1H3/t29-,30-,31-,32-,33-,34-,35-,36-,37-,38-,39-,40-,41-,42-,43+,44+,45+,46+,47+,48+,49+,50-,51-,52-,53-,54-,55-,56-,57-,58-,59-,60-,61-,62-,63-;23?,26-/m10/s1. The molecule has 43 nitrogen and oxygen atoms in total. The molecular formula is C89H140Cl2N4O39. The van der Waals surface area contributed by atoms with Gasteiger partial charge in [0.05, 0.1) is 70.7 Å². The summed E-state index contributed by atoms with van der Waals surface area (Å²) >= 11 is 12.7. The first kappa shape index (κ1) is 109. The van der Waals surface area contributed by atoms with Gasteiger partial charge in [0.15, 0.2) is 44.0 Å². The van der Waals surface area contributed by atoms with Crippen molar-refractivity contribution in [2.75, 3.05) is 240 Å². The van der Waals surface area contributed by atoms with Crippen molar-refractivity contribution in [2.24, 2.45) is 0 Å². The van der Waals surface area contributed by atoms with E-state index in [1.165, 1.54) is 149 Å². The maximum atomic E-state index is 11.6.